The summed E-state index contributed by atoms with van der Waals surface area (Å²) >= 11 is 0. The first-order valence-corrected chi connectivity index (χ1v) is 7.49. The lowest BCUT2D eigenvalue weighted by Gasteiger charge is -2.22. The Labute approximate surface area is 126 Å². The number of benzene rings is 1. The highest BCUT2D eigenvalue weighted by Crippen LogP contribution is 2.20. The van der Waals surface area contributed by atoms with Crippen LogP contribution >= 0.6 is 0 Å². The molecule has 0 aliphatic rings. The van der Waals surface area contributed by atoms with Gasteiger partial charge in [0.2, 0.25) is 0 Å². The Morgan fingerprint density at radius 1 is 1.14 bits per heavy atom. The lowest BCUT2D eigenvalue weighted by Crippen LogP contribution is -2.31. The first-order chi connectivity index (χ1) is 10.0. The molecule has 0 aliphatic carbocycles. The third-order valence-electron chi connectivity index (χ3n) is 3.85. The third kappa shape index (κ3) is 3.61. The molecule has 3 heteroatoms. The van der Waals surface area contributed by atoms with Crippen LogP contribution in [-0.2, 0) is 6.54 Å². The van der Waals surface area contributed by atoms with Crippen molar-refractivity contribution in [3.63, 3.8) is 0 Å². The SMILES string of the molecule is CCNC(Cn1cccc(C)c1=O)c1cc(C)ccc1C. The molecule has 3 nitrogen and oxygen atoms in total. The average molecular weight is 284 g/mol. The van der Waals surface area contributed by atoms with E-state index in [9.17, 15) is 4.79 Å². The van der Waals surface area contributed by atoms with Crippen LogP contribution in [0.25, 0.3) is 0 Å². The lowest BCUT2D eigenvalue weighted by atomic mass is 9.98. The average Bonchev–Trinajstić information content (AvgIpc) is 2.46. The van der Waals surface area contributed by atoms with Crippen molar-refractivity contribution in [1.82, 2.24) is 9.88 Å². The molecule has 21 heavy (non-hydrogen) atoms. The van der Waals surface area contributed by atoms with E-state index in [1.54, 1.807) is 4.57 Å². The zero-order valence-corrected chi connectivity index (χ0v) is 13.3. The Bertz CT molecular complexity index is 673. The van der Waals surface area contributed by atoms with E-state index in [-0.39, 0.29) is 11.6 Å². The van der Waals surface area contributed by atoms with Crippen molar-refractivity contribution >= 4 is 0 Å². The van der Waals surface area contributed by atoms with E-state index >= 15 is 0 Å². The first kappa shape index (κ1) is 15.5. The predicted molar refractivity (Wildman–Crippen MR) is 87.8 cm³/mol. The molecule has 0 spiro atoms. The van der Waals surface area contributed by atoms with Crippen LogP contribution in [0.15, 0.2) is 41.3 Å². The number of nitrogens with one attached hydrogen (secondary N) is 1. The van der Waals surface area contributed by atoms with Gasteiger partial charge in [-0.15, -0.1) is 0 Å². The number of pyridine rings is 1. The quantitative estimate of drug-likeness (QED) is 0.915. The molecule has 112 valence electrons. The summed E-state index contributed by atoms with van der Waals surface area (Å²) in [5.74, 6) is 0. The van der Waals surface area contributed by atoms with E-state index in [0.717, 1.165) is 12.1 Å². The Morgan fingerprint density at radius 2 is 1.90 bits per heavy atom. The van der Waals surface area contributed by atoms with Crippen LogP contribution in [0.2, 0.25) is 0 Å². The molecule has 0 bridgehead atoms. The maximum Gasteiger partial charge on any atom is 0.253 e. The summed E-state index contributed by atoms with van der Waals surface area (Å²) in [6, 6.07) is 10.4. The van der Waals surface area contributed by atoms with Crippen LogP contribution in [0.1, 0.15) is 35.2 Å². The molecule has 0 saturated heterocycles. The smallest absolute Gasteiger partial charge is 0.253 e. The lowest BCUT2D eigenvalue weighted by molar-refractivity contribution is 0.464. The number of likely N-dealkylation sites (N-methyl/N-ethyl adjacent to an activating group) is 1. The van der Waals surface area contributed by atoms with Gasteiger partial charge in [0.15, 0.2) is 0 Å². The number of hydrogen-bond donors (Lipinski definition) is 1. The van der Waals surface area contributed by atoms with Crippen LogP contribution in [0.3, 0.4) is 0 Å². The zero-order chi connectivity index (χ0) is 15.4. The molecule has 0 fully saturated rings. The van der Waals surface area contributed by atoms with Gasteiger partial charge in [-0.2, -0.15) is 0 Å². The van der Waals surface area contributed by atoms with E-state index < -0.39 is 0 Å². The molecule has 0 radical (unpaired) electrons. The molecule has 0 aliphatic heterocycles. The van der Waals surface area contributed by atoms with Gasteiger partial charge in [0.25, 0.3) is 5.56 Å². The molecule has 1 aromatic heterocycles. The normalized spacial score (nSPS) is 12.4. The van der Waals surface area contributed by atoms with E-state index in [0.29, 0.717) is 6.54 Å². The van der Waals surface area contributed by atoms with Crippen LogP contribution in [0.5, 0.6) is 0 Å². The second kappa shape index (κ2) is 6.72. The summed E-state index contributed by atoms with van der Waals surface area (Å²) in [4.78, 5) is 12.2. The number of aryl methyl sites for hydroxylation is 3. The van der Waals surface area contributed by atoms with Gasteiger partial charge in [-0.1, -0.05) is 36.8 Å². The summed E-state index contributed by atoms with van der Waals surface area (Å²) in [6.07, 6.45) is 1.87. The fraction of sp³-hybridized carbons (Fsp3) is 0.389. The van der Waals surface area contributed by atoms with Crippen molar-refractivity contribution in [2.75, 3.05) is 6.54 Å². The van der Waals surface area contributed by atoms with Gasteiger partial charge in [-0.25, -0.2) is 0 Å². The molecule has 2 rings (SSSR count). The Balaban J connectivity index is 2.37. The summed E-state index contributed by atoms with van der Waals surface area (Å²) in [5.41, 5.74) is 4.65. The molecular weight excluding hydrogens is 260 g/mol. The molecule has 1 unspecified atom stereocenters. The van der Waals surface area contributed by atoms with E-state index in [1.165, 1.54) is 16.7 Å². The molecular formula is C18H24N2O. The van der Waals surface area contributed by atoms with Gasteiger partial charge in [0.05, 0.1) is 6.04 Å². The molecule has 1 heterocycles. The summed E-state index contributed by atoms with van der Waals surface area (Å²) < 4.78 is 1.80. The largest absolute Gasteiger partial charge is 0.313 e. The monoisotopic (exact) mass is 284 g/mol. The highest BCUT2D eigenvalue weighted by atomic mass is 16.1. The van der Waals surface area contributed by atoms with Gasteiger partial charge >= 0.3 is 0 Å². The molecule has 0 saturated carbocycles. The zero-order valence-electron chi connectivity index (χ0n) is 13.3. The Kier molecular flexibility index (Phi) is 4.97. The van der Waals surface area contributed by atoms with Crippen LogP contribution in [-0.4, -0.2) is 11.1 Å². The number of hydrogen-bond acceptors (Lipinski definition) is 2. The van der Waals surface area contributed by atoms with Crippen molar-refractivity contribution in [3.05, 3.63) is 69.1 Å². The maximum absolute atomic E-state index is 12.2. The van der Waals surface area contributed by atoms with E-state index in [2.05, 4.69) is 44.3 Å². The van der Waals surface area contributed by atoms with Crippen molar-refractivity contribution in [2.24, 2.45) is 0 Å². The van der Waals surface area contributed by atoms with E-state index in [4.69, 9.17) is 0 Å². The molecule has 1 aromatic carbocycles. The van der Waals surface area contributed by atoms with Gasteiger partial charge in [0, 0.05) is 18.3 Å². The number of rotatable bonds is 5. The molecule has 1 N–H and O–H groups in total. The summed E-state index contributed by atoms with van der Waals surface area (Å²) in [5, 5.41) is 3.50. The molecule has 0 amide bonds. The maximum atomic E-state index is 12.2. The summed E-state index contributed by atoms with van der Waals surface area (Å²) in [7, 11) is 0. The van der Waals surface area contributed by atoms with Crippen molar-refractivity contribution in [2.45, 2.75) is 40.3 Å². The minimum atomic E-state index is 0.0886. The van der Waals surface area contributed by atoms with E-state index in [1.807, 2.05) is 25.3 Å². The minimum Gasteiger partial charge on any atom is -0.313 e. The second-order valence-corrected chi connectivity index (χ2v) is 5.62. The van der Waals surface area contributed by atoms with Crippen molar-refractivity contribution < 1.29 is 0 Å². The highest BCUT2D eigenvalue weighted by Gasteiger charge is 2.14. The van der Waals surface area contributed by atoms with Gasteiger partial charge < -0.3 is 9.88 Å². The topological polar surface area (TPSA) is 34.0 Å². The number of nitrogens with zero attached hydrogens (tertiary/aromatic N) is 1. The van der Waals surface area contributed by atoms with Crippen molar-refractivity contribution in [3.8, 4) is 0 Å². The van der Waals surface area contributed by atoms with Crippen LogP contribution < -0.4 is 10.9 Å². The van der Waals surface area contributed by atoms with Crippen LogP contribution in [0.4, 0.5) is 0 Å². The summed E-state index contributed by atoms with van der Waals surface area (Å²) in [6.45, 7) is 9.70. The first-order valence-electron chi connectivity index (χ1n) is 7.49. The molecule has 1 atom stereocenters. The standard InChI is InChI=1S/C18H24N2O/c1-5-19-17(16-11-13(2)8-9-14(16)3)12-20-10-6-7-15(4)18(20)21/h6-11,17,19H,5,12H2,1-4H3. The van der Waals surface area contributed by atoms with Gasteiger partial charge in [0.1, 0.15) is 0 Å². The fourth-order valence-electron chi connectivity index (χ4n) is 2.65. The van der Waals surface area contributed by atoms with Gasteiger partial charge in [-0.3, -0.25) is 4.79 Å². The minimum absolute atomic E-state index is 0.0886. The molecule has 2 aromatic rings. The predicted octanol–water partition coefficient (Wildman–Crippen LogP) is 3.12. The Morgan fingerprint density at radius 3 is 2.62 bits per heavy atom. The highest BCUT2D eigenvalue weighted by molar-refractivity contribution is 5.33. The van der Waals surface area contributed by atoms with Crippen molar-refractivity contribution in [1.29, 1.82) is 0 Å². The fourth-order valence-corrected chi connectivity index (χ4v) is 2.65. The Hall–Kier alpha value is -1.87. The van der Waals surface area contributed by atoms with Gasteiger partial charge in [-0.05, 0) is 44.5 Å². The number of aromatic nitrogens is 1. The van der Waals surface area contributed by atoms with Crippen LogP contribution in [0, 0.1) is 20.8 Å². The third-order valence-corrected chi connectivity index (χ3v) is 3.85. The second-order valence-electron chi connectivity index (χ2n) is 5.62.